The molecule has 0 aromatic carbocycles. The van der Waals surface area contributed by atoms with E-state index >= 15 is 0 Å². The SMILES string of the molecule is C=C(C)OCOCCCCCCc1c(O)[nH]c(=S)[nH]c1=O. The highest BCUT2D eigenvalue weighted by Crippen LogP contribution is 2.12. The van der Waals surface area contributed by atoms with Crippen LogP contribution in [0.25, 0.3) is 0 Å². The summed E-state index contributed by atoms with van der Waals surface area (Å²) in [5, 5.41) is 9.63. The lowest BCUT2D eigenvalue weighted by atomic mass is 10.1. The number of aromatic amines is 2. The van der Waals surface area contributed by atoms with Gasteiger partial charge >= 0.3 is 0 Å². The fraction of sp³-hybridized carbons (Fsp3) is 0.571. The molecule has 3 N–H and O–H groups in total. The predicted octanol–water partition coefficient (Wildman–Crippen LogP) is 2.77. The summed E-state index contributed by atoms with van der Waals surface area (Å²) >= 11 is 4.77. The van der Waals surface area contributed by atoms with Gasteiger partial charge in [-0.3, -0.25) is 9.78 Å². The topological polar surface area (TPSA) is 87.3 Å². The van der Waals surface area contributed by atoms with E-state index in [-0.39, 0.29) is 23.0 Å². The number of unbranched alkanes of at least 4 members (excludes halogenated alkanes) is 3. The summed E-state index contributed by atoms with van der Waals surface area (Å²) in [6.07, 6.45) is 4.23. The largest absolute Gasteiger partial charge is 0.494 e. The summed E-state index contributed by atoms with van der Waals surface area (Å²) in [4.78, 5) is 16.6. The van der Waals surface area contributed by atoms with E-state index in [2.05, 4.69) is 16.5 Å². The Morgan fingerprint density at radius 2 is 2.00 bits per heavy atom. The van der Waals surface area contributed by atoms with Gasteiger partial charge in [0.1, 0.15) is 0 Å². The van der Waals surface area contributed by atoms with Gasteiger partial charge in [0, 0.05) is 0 Å². The van der Waals surface area contributed by atoms with Crippen LogP contribution in [-0.2, 0) is 15.9 Å². The average molecular weight is 314 g/mol. The van der Waals surface area contributed by atoms with Crippen LogP contribution >= 0.6 is 12.2 Å². The Morgan fingerprint density at radius 3 is 2.67 bits per heavy atom. The van der Waals surface area contributed by atoms with Crippen molar-refractivity contribution in [1.29, 1.82) is 0 Å². The maximum atomic E-state index is 11.6. The molecule has 118 valence electrons. The van der Waals surface area contributed by atoms with Crippen molar-refractivity contribution < 1.29 is 14.6 Å². The Bertz CT molecular complexity index is 565. The lowest BCUT2D eigenvalue weighted by Crippen LogP contribution is -2.14. The summed E-state index contributed by atoms with van der Waals surface area (Å²) < 4.78 is 10.5. The van der Waals surface area contributed by atoms with Gasteiger partial charge in [-0.1, -0.05) is 19.4 Å². The predicted molar refractivity (Wildman–Crippen MR) is 82.8 cm³/mol. The molecule has 0 atom stereocenters. The molecule has 1 heterocycles. The van der Waals surface area contributed by atoms with Crippen molar-refractivity contribution in [2.75, 3.05) is 13.4 Å². The minimum Gasteiger partial charge on any atom is -0.494 e. The van der Waals surface area contributed by atoms with Crippen LogP contribution in [0.1, 0.15) is 38.2 Å². The van der Waals surface area contributed by atoms with Crippen molar-refractivity contribution in [2.45, 2.75) is 39.0 Å². The van der Waals surface area contributed by atoms with E-state index in [4.69, 9.17) is 21.7 Å². The summed E-state index contributed by atoms with van der Waals surface area (Å²) in [6, 6.07) is 0. The number of rotatable bonds is 10. The maximum absolute atomic E-state index is 11.6. The highest BCUT2D eigenvalue weighted by atomic mass is 32.1. The first-order chi connectivity index (χ1) is 10.0. The number of aromatic nitrogens is 2. The number of ether oxygens (including phenoxy) is 2. The fourth-order valence-corrected chi connectivity index (χ4v) is 1.98. The van der Waals surface area contributed by atoms with Crippen LogP contribution in [-0.4, -0.2) is 28.5 Å². The van der Waals surface area contributed by atoms with E-state index in [0.717, 1.165) is 25.7 Å². The molecule has 0 aliphatic heterocycles. The molecule has 0 fully saturated rings. The van der Waals surface area contributed by atoms with Crippen molar-refractivity contribution in [3.8, 4) is 5.88 Å². The summed E-state index contributed by atoms with van der Waals surface area (Å²) in [6.45, 7) is 6.25. The summed E-state index contributed by atoms with van der Waals surface area (Å²) in [7, 11) is 0. The molecular formula is C14H22N2O4S. The van der Waals surface area contributed by atoms with E-state index < -0.39 is 0 Å². The molecule has 0 bridgehead atoms. The van der Waals surface area contributed by atoms with E-state index in [1.807, 2.05) is 0 Å². The van der Waals surface area contributed by atoms with Crippen LogP contribution in [0.4, 0.5) is 0 Å². The second kappa shape index (κ2) is 9.36. The third-order valence-corrected chi connectivity index (χ3v) is 3.08. The minimum absolute atomic E-state index is 0.135. The fourth-order valence-electron chi connectivity index (χ4n) is 1.79. The van der Waals surface area contributed by atoms with E-state index in [1.54, 1.807) is 6.92 Å². The molecule has 0 aliphatic carbocycles. The highest BCUT2D eigenvalue weighted by molar-refractivity contribution is 7.71. The van der Waals surface area contributed by atoms with Crippen LogP contribution in [0.3, 0.4) is 0 Å². The Kier molecular flexibility index (Phi) is 7.78. The van der Waals surface area contributed by atoms with Crippen LogP contribution in [0.5, 0.6) is 5.88 Å². The number of allylic oxidation sites excluding steroid dienone is 1. The molecule has 0 saturated carbocycles. The van der Waals surface area contributed by atoms with Crippen molar-refractivity contribution in [2.24, 2.45) is 0 Å². The molecular weight excluding hydrogens is 292 g/mol. The van der Waals surface area contributed by atoms with E-state index in [9.17, 15) is 9.90 Å². The van der Waals surface area contributed by atoms with Crippen LogP contribution in [0, 0.1) is 4.77 Å². The third-order valence-electron chi connectivity index (χ3n) is 2.87. The quantitative estimate of drug-likeness (QED) is 0.267. The van der Waals surface area contributed by atoms with Gasteiger partial charge in [-0.25, -0.2) is 0 Å². The zero-order valence-corrected chi connectivity index (χ0v) is 13.1. The normalized spacial score (nSPS) is 10.5. The summed E-state index contributed by atoms with van der Waals surface area (Å²) in [5.41, 5.74) is 0.0336. The Morgan fingerprint density at radius 1 is 1.29 bits per heavy atom. The first-order valence-electron chi connectivity index (χ1n) is 6.91. The minimum atomic E-state index is -0.323. The second-order valence-corrected chi connectivity index (χ2v) is 5.18. The van der Waals surface area contributed by atoms with Crippen molar-refractivity contribution >= 4 is 12.2 Å². The van der Waals surface area contributed by atoms with Crippen molar-refractivity contribution in [3.05, 3.63) is 33.0 Å². The van der Waals surface area contributed by atoms with Crippen molar-refractivity contribution in [1.82, 2.24) is 9.97 Å². The number of hydrogen-bond donors (Lipinski definition) is 3. The summed E-state index contributed by atoms with van der Waals surface area (Å²) in [5.74, 6) is 0.506. The number of H-pyrrole nitrogens is 2. The Hall–Kier alpha value is -1.60. The molecule has 1 rings (SSSR count). The van der Waals surface area contributed by atoms with E-state index in [1.165, 1.54) is 0 Å². The lowest BCUT2D eigenvalue weighted by molar-refractivity contribution is -0.0233. The number of hydrogen-bond acceptors (Lipinski definition) is 5. The van der Waals surface area contributed by atoms with Crippen LogP contribution < -0.4 is 5.56 Å². The van der Waals surface area contributed by atoms with Gasteiger partial charge in [-0.15, -0.1) is 0 Å². The number of nitrogens with one attached hydrogen (secondary N) is 2. The second-order valence-electron chi connectivity index (χ2n) is 4.77. The Balaban J connectivity index is 2.14. The van der Waals surface area contributed by atoms with Gasteiger partial charge in [0.15, 0.2) is 17.4 Å². The Labute approximate surface area is 128 Å². The monoisotopic (exact) mass is 314 g/mol. The molecule has 1 aromatic rings. The van der Waals surface area contributed by atoms with Gasteiger partial charge in [0.2, 0.25) is 0 Å². The van der Waals surface area contributed by atoms with Gasteiger partial charge < -0.3 is 19.6 Å². The third kappa shape index (κ3) is 7.10. The van der Waals surface area contributed by atoms with Crippen molar-refractivity contribution in [3.63, 3.8) is 0 Å². The molecule has 6 nitrogen and oxygen atoms in total. The molecule has 0 unspecified atom stereocenters. The average Bonchev–Trinajstić information content (AvgIpc) is 2.38. The smallest absolute Gasteiger partial charge is 0.258 e. The molecule has 21 heavy (non-hydrogen) atoms. The molecule has 0 spiro atoms. The van der Waals surface area contributed by atoms with E-state index in [0.29, 0.717) is 24.4 Å². The molecule has 7 heteroatoms. The lowest BCUT2D eigenvalue weighted by Gasteiger charge is -2.06. The van der Waals surface area contributed by atoms with Gasteiger partial charge in [-0.05, 0) is 38.4 Å². The first-order valence-corrected chi connectivity index (χ1v) is 7.32. The van der Waals surface area contributed by atoms with Gasteiger partial charge in [0.25, 0.3) is 5.56 Å². The van der Waals surface area contributed by atoms with Crippen LogP contribution in [0.2, 0.25) is 0 Å². The highest BCUT2D eigenvalue weighted by Gasteiger charge is 2.06. The van der Waals surface area contributed by atoms with Crippen LogP contribution in [0.15, 0.2) is 17.1 Å². The number of aromatic hydroxyl groups is 1. The zero-order chi connectivity index (χ0) is 15.7. The van der Waals surface area contributed by atoms with Gasteiger partial charge in [0.05, 0.1) is 17.9 Å². The molecule has 0 radical (unpaired) electrons. The first kappa shape index (κ1) is 17.5. The maximum Gasteiger partial charge on any atom is 0.258 e. The molecule has 0 saturated heterocycles. The molecule has 0 amide bonds. The standard InChI is InChI=1S/C14H22N2O4S/c1-10(2)20-9-19-8-6-4-3-5-7-11-12(17)15-14(21)16-13(11)18/h1,3-9H2,2H3,(H3,15,16,17,18,21). The molecule has 0 aliphatic rings. The van der Waals surface area contributed by atoms with Gasteiger partial charge in [-0.2, -0.15) is 0 Å². The molecule has 1 aromatic heterocycles. The zero-order valence-electron chi connectivity index (χ0n) is 12.2.